The van der Waals surface area contributed by atoms with Gasteiger partial charge in [-0.2, -0.15) is 0 Å². The summed E-state index contributed by atoms with van der Waals surface area (Å²) in [6, 6.07) is 12.2. The standard InChI is InChI=1S/C14H15ClN2/c1-11-8-14(16-10-12(11)9-15)17(2)13-6-4-3-5-7-13/h3-8,10H,9H2,1-2H3. The van der Waals surface area contributed by atoms with Gasteiger partial charge in [-0.05, 0) is 36.2 Å². The van der Waals surface area contributed by atoms with Gasteiger partial charge in [0.15, 0.2) is 0 Å². The first-order valence-electron chi connectivity index (χ1n) is 5.52. The van der Waals surface area contributed by atoms with Crippen molar-refractivity contribution in [2.75, 3.05) is 11.9 Å². The van der Waals surface area contributed by atoms with Crippen molar-refractivity contribution in [1.82, 2.24) is 4.98 Å². The van der Waals surface area contributed by atoms with Gasteiger partial charge in [0.05, 0.1) is 0 Å². The largest absolute Gasteiger partial charge is 0.329 e. The number of alkyl halides is 1. The van der Waals surface area contributed by atoms with Crippen LogP contribution in [0.1, 0.15) is 11.1 Å². The van der Waals surface area contributed by atoms with Crippen LogP contribution in [-0.2, 0) is 5.88 Å². The molecular weight excluding hydrogens is 232 g/mol. The summed E-state index contributed by atoms with van der Waals surface area (Å²) in [6.07, 6.45) is 1.84. The molecular formula is C14H15ClN2. The minimum Gasteiger partial charge on any atom is -0.329 e. The van der Waals surface area contributed by atoms with Crippen LogP contribution in [0.15, 0.2) is 42.6 Å². The van der Waals surface area contributed by atoms with Crippen molar-refractivity contribution in [2.45, 2.75) is 12.8 Å². The zero-order valence-corrected chi connectivity index (χ0v) is 10.8. The number of nitrogens with zero attached hydrogens (tertiary/aromatic N) is 2. The summed E-state index contributed by atoms with van der Waals surface area (Å²) in [5.74, 6) is 1.44. The summed E-state index contributed by atoms with van der Waals surface area (Å²) in [4.78, 5) is 6.49. The summed E-state index contributed by atoms with van der Waals surface area (Å²) in [5, 5.41) is 0. The van der Waals surface area contributed by atoms with Gasteiger partial charge in [0.1, 0.15) is 5.82 Å². The molecule has 0 aliphatic rings. The quantitative estimate of drug-likeness (QED) is 0.764. The van der Waals surface area contributed by atoms with E-state index in [0.29, 0.717) is 5.88 Å². The number of halogens is 1. The predicted octanol–water partition coefficient (Wildman–Crippen LogP) is 3.90. The molecule has 2 nitrogen and oxygen atoms in total. The van der Waals surface area contributed by atoms with Crippen LogP contribution in [0.3, 0.4) is 0 Å². The van der Waals surface area contributed by atoms with Gasteiger partial charge in [0.2, 0.25) is 0 Å². The number of para-hydroxylation sites is 1. The highest BCUT2D eigenvalue weighted by atomic mass is 35.5. The van der Waals surface area contributed by atoms with Gasteiger partial charge >= 0.3 is 0 Å². The molecule has 0 amide bonds. The van der Waals surface area contributed by atoms with Crippen molar-refractivity contribution >= 4 is 23.1 Å². The van der Waals surface area contributed by atoms with Gasteiger partial charge in [-0.25, -0.2) is 4.98 Å². The molecule has 2 rings (SSSR count). The number of hydrogen-bond donors (Lipinski definition) is 0. The molecule has 1 aromatic heterocycles. The van der Waals surface area contributed by atoms with Crippen LogP contribution in [0.4, 0.5) is 11.5 Å². The lowest BCUT2D eigenvalue weighted by Gasteiger charge is -2.19. The Labute approximate surface area is 107 Å². The summed E-state index contributed by atoms with van der Waals surface area (Å²) >= 11 is 5.83. The van der Waals surface area contributed by atoms with Crippen LogP contribution in [0.5, 0.6) is 0 Å². The number of anilines is 2. The third-order valence-electron chi connectivity index (χ3n) is 2.84. The van der Waals surface area contributed by atoms with Gasteiger partial charge in [-0.3, -0.25) is 0 Å². The Morgan fingerprint density at radius 1 is 1.24 bits per heavy atom. The van der Waals surface area contributed by atoms with Crippen molar-refractivity contribution in [3.8, 4) is 0 Å². The molecule has 1 heterocycles. The summed E-state index contributed by atoms with van der Waals surface area (Å²) in [5.41, 5.74) is 3.38. The van der Waals surface area contributed by atoms with Crippen molar-refractivity contribution in [2.24, 2.45) is 0 Å². The number of aromatic nitrogens is 1. The van der Waals surface area contributed by atoms with E-state index in [-0.39, 0.29) is 0 Å². The SMILES string of the molecule is Cc1cc(N(C)c2ccccc2)ncc1CCl. The first kappa shape index (κ1) is 11.9. The van der Waals surface area contributed by atoms with E-state index in [1.54, 1.807) is 0 Å². The fourth-order valence-corrected chi connectivity index (χ4v) is 1.96. The molecule has 0 aliphatic carbocycles. The van der Waals surface area contributed by atoms with Crippen LogP contribution in [0, 0.1) is 6.92 Å². The Bertz CT molecular complexity index is 497. The minimum absolute atomic E-state index is 0.508. The van der Waals surface area contributed by atoms with Gasteiger partial charge in [0.25, 0.3) is 0 Å². The minimum atomic E-state index is 0.508. The highest BCUT2D eigenvalue weighted by Gasteiger charge is 2.06. The van der Waals surface area contributed by atoms with Gasteiger partial charge in [-0.1, -0.05) is 18.2 Å². The Balaban J connectivity index is 2.32. The highest BCUT2D eigenvalue weighted by Crippen LogP contribution is 2.23. The van der Waals surface area contributed by atoms with E-state index in [9.17, 15) is 0 Å². The van der Waals surface area contributed by atoms with E-state index in [1.807, 2.05) is 31.4 Å². The Hall–Kier alpha value is -1.54. The molecule has 0 spiro atoms. The molecule has 0 saturated heterocycles. The Morgan fingerprint density at radius 3 is 2.53 bits per heavy atom. The molecule has 0 atom stereocenters. The molecule has 3 heteroatoms. The van der Waals surface area contributed by atoms with E-state index < -0.39 is 0 Å². The Kier molecular flexibility index (Phi) is 3.64. The number of benzene rings is 1. The lowest BCUT2D eigenvalue weighted by molar-refractivity contribution is 1.09. The molecule has 2 aromatic rings. The molecule has 0 fully saturated rings. The molecule has 1 aromatic carbocycles. The number of pyridine rings is 1. The maximum Gasteiger partial charge on any atom is 0.132 e. The normalized spacial score (nSPS) is 10.3. The van der Waals surface area contributed by atoms with Crippen LogP contribution in [-0.4, -0.2) is 12.0 Å². The van der Waals surface area contributed by atoms with E-state index in [2.05, 4.69) is 35.0 Å². The molecule has 17 heavy (non-hydrogen) atoms. The maximum absolute atomic E-state index is 5.83. The zero-order valence-electron chi connectivity index (χ0n) is 10.0. The summed E-state index contributed by atoms with van der Waals surface area (Å²) < 4.78 is 0. The van der Waals surface area contributed by atoms with Crippen molar-refractivity contribution in [3.63, 3.8) is 0 Å². The second kappa shape index (κ2) is 5.19. The molecule has 0 N–H and O–H groups in total. The fraction of sp³-hybridized carbons (Fsp3) is 0.214. The smallest absolute Gasteiger partial charge is 0.132 e. The molecule has 0 aliphatic heterocycles. The number of hydrogen-bond acceptors (Lipinski definition) is 2. The van der Waals surface area contributed by atoms with Gasteiger partial charge < -0.3 is 4.90 Å². The van der Waals surface area contributed by atoms with Gasteiger partial charge in [-0.15, -0.1) is 11.6 Å². The predicted molar refractivity (Wildman–Crippen MR) is 73.0 cm³/mol. The molecule has 0 bridgehead atoms. The van der Waals surface area contributed by atoms with Crippen molar-refractivity contribution in [1.29, 1.82) is 0 Å². The highest BCUT2D eigenvalue weighted by molar-refractivity contribution is 6.17. The van der Waals surface area contributed by atoms with Gasteiger partial charge in [0, 0.05) is 24.8 Å². The number of rotatable bonds is 3. The van der Waals surface area contributed by atoms with Crippen LogP contribution >= 0.6 is 11.6 Å². The molecule has 0 saturated carbocycles. The van der Waals surface area contributed by atoms with E-state index >= 15 is 0 Å². The third-order valence-corrected chi connectivity index (χ3v) is 3.12. The number of aryl methyl sites for hydroxylation is 1. The maximum atomic E-state index is 5.83. The van der Waals surface area contributed by atoms with E-state index in [1.165, 1.54) is 5.56 Å². The molecule has 0 unspecified atom stereocenters. The second-order valence-corrected chi connectivity index (χ2v) is 4.26. The van der Waals surface area contributed by atoms with Crippen LogP contribution in [0.2, 0.25) is 0 Å². The van der Waals surface area contributed by atoms with Crippen LogP contribution in [0.25, 0.3) is 0 Å². The summed E-state index contributed by atoms with van der Waals surface area (Å²) in [7, 11) is 2.01. The topological polar surface area (TPSA) is 16.1 Å². The average molecular weight is 247 g/mol. The second-order valence-electron chi connectivity index (χ2n) is 4.00. The van der Waals surface area contributed by atoms with E-state index in [4.69, 9.17) is 11.6 Å². The van der Waals surface area contributed by atoms with Crippen LogP contribution < -0.4 is 4.90 Å². The monoisotopic (exact) mass is 246 g/mol. The third kappa shape index (κ3) is 2.59. The zero-order chi connectivity index (χ0) is 12.3. The lowest BCUT2D eigenvalue weighted by Crippen LogP contribution is -2.11. The molecule has 88 valence electrons. The first-order chi connectivity index (χ1) is 8.22. The lowest BCUT2D eigenvalue weighted by atomic mass is 10.2. The van der Waals surface area contributed by atoms with Crippen molar-refractivity contribution < 1.29 is 0 Å². The summed E-state index contributed by atoms with van der Waals surface area (Å²) in [6.45, 7) is 2.06. The first-order valence-corrected chi connectivity index (χ1v) is 6.06. The fourth-order valence-electron chi connectivity index (χ4n) is 1.68. The average Bonchev–Trinajstić information content (AvgIpc) is 2.39. The Morgan fingerprint density at radius 2 is 1.94 bits per heavy atom. The van der Waals surface area contributed by atoms with E-state index in [0.717, 1.165) is 17.1 Å². The van der Waals surface area contributed by atoms with Crippen molar-refractivity contribution in [3.05, 3.63) is 53.7 Å². The molecule has 0 radical (unpaired) electrons.